The molecular formula is C33H26N6. The summed E-state index contributed by atoms with van der Waals surface area (Å²) >= 11 is 0. The Bertz CT molecular complexity index is 1740. The number of amidine groups is 1. The summed E-state index contributed by atoms with van der Waals surface area (Å²) in [6.07, 6.45) is 1.77. The van der Waals surface area contributed by atoms with E-state index in [-0.39, 0.29) is 0 Å². The number of pyridine rings is 3. The van der Waals surface area contributed by atoms with Crippen LogP contribution in [0.25, 0.3) is 33.4 Å². The number of hydrazone groups is 1. The SMILES string of the molecule is NN=C(c1cccc(-c2cccc3ccccc23)n1)N(Cc1cccc(-c2ccccn2)n1)c1ccccc1. The average molecular weight is 507 g/mol. The third-order valence-electron chi connectivity index (χ3n) is 6.54. The zero-order chi connectivity index (χ0) is 26.4. The molecule has 3 aromatic heterocycles. The Balaban J connectivity index is 1.40. The molecule has 0 unspecified atom stereocenters. The molecule has 6 rings (SSSR count). The van der Waals surface area contributed by atoms with Gasteiger partial charge in [-0.15, -0.1) is 0 Å². The van der Waals surface area contributed by atoms with E-state index in [2.05, 4.69) is 40.4 Å². The van der Waals surface area contributed by atoms with E-state index in [1.807, 2.05) is 102 Å². The molecule has 0 fully saturated rings. The highest BCUT2D eigenvalue weighted by molar-refractivity contribution is 6.09. The van der Waals surface area contributed by atoms with Gasteiger partial charge in [-0.2, -0.15) is 5.10 Å². The minimum atomic E-state index is 0.445. The van der Waals surface area contributed by atoms with Crippen molar-refractivity contribution in [2.75, 3.05) is 4.90 Å². The Morgan fingerprint density at radius 1 is 0.641 bits per heavy atom. The van der Waals surface area contributed by atoms with Crippen molar-refractivity contribution in [2.24, 2.45) is 10.9 Å². The van der Waals surface area contributed by atoms with Crippen LogP contribution in [-0.4, -0.2) is 20.8 Å². The number of hydrogen-bond acceptors (Lipinski definition) is 5. The van der Waals surface area contributed by atoms with E-state index in [0.717, 1.165) is 39.4 Å². The predicted molar refractivity (Wildman–Crippen MR) is 158 cm³/mol. The van der Waals surface area contributed by atoms with Crippen molar-refractivity contribution in [1.82, 2.24) is 15.0 Å². The van der Waals surface area contributed by atoms with E-state index in [0.29, 0.717) is 18.1 Å². The van der Waals surface area contributed by atoms with Gasteiger partial charge in [0.25, 0.3) is 0 Å². The molecule has 0 aliphatic rings. The first kappa shape index (κ1) is 24.0. The van der Waals surface area contributed by atoms with Crippen molar-refractivity contribution in [2.45, 2.75) is 6.54 Å². The Morgan fingerprint density at radius 2 is 1.36 bits per heavy atom. The summed E-state index contributed by atoms with van der Waals surface area (Å²) in [5.74, 6) is 6.62. The van der Waals surface area contributed by atoms with Crippen LogP contribution < -0.4 is 10.7 Å². The first-order valence-electron chi connectivity index (χ1n) is 12.7. The fourth-order valence-electron chi connectivity index (χ4n) is 4.72. The van der Waals surface area contributed by atoms with Gasteiger partial charge in [0, 0.05) is 17.4 Å². The molecule has 0 amide bonds. The summed E-state index contributed by atoms with van der Waals surface area (Å²) < 4.78 is 0. The van der Waals surface area contributed by atoms with Crippen LogP contribution in [0.5, 0.6) is 0 Å². The molecule has 0 aliphatic carbocycles. The van der Waals surface area contributed by atoms with Crippen molar-refractivity contribution in [1.29, 1.82) is 0 Å². The van der Waals surface area contributed by atoms with Crippen molar-refractivity contribution in [3.05, 3.63) is 145 Å². The Labute approximate surface area is 227 Å². The Kier molecular flexibility index (Phi) is 6.74. The van der Waals surface area contributed by atoms with Gasteiger partial charge in [0.2, 0.25) is 0 Å². The molecule has 0 saturated heterocycles. The molecule has 2 N–H and O–H groups in total. The molecule has 0 spiro atoms. The number of fused-ring (bicyclic) bond motifs is 1. The zero-order valence-corrected chi connectivity index (χ0v) is 21.2. The van der Waals surface area contributed by atoms with Gasteiger partial charge >= 0.3 is 0 Å². The summed E-state index contributed by atoms with van der Waals surface area (Å²) in [7, 11) is 0. The maximum atomic E-state index is 6.07. The summed E-state index contributed by atoms with van der Waals surface area (Å²) in [5.41, 5.74) is 6.01. The number of nitrogens with two attached hydrogens (primary N) is 1. The monoisotopic (exact) mass is 506 g/mol. The van der Waals surface area contributed by atoms with E-state index in [4.69, 9.17) is 15.8 Å². The van der Waals surface area contributed by atoms with Crippen LogP contribution >= 0.6 is 0 Å². The van der Waals surface area contributed by atoms with E-state index in [1.165, 1.54) is 5.39 Å². The number of aromatic nitrogens is 3. The molecule has 0 saturated carbocycles. The zero-order valence-electron chi connectivity index (χ0n) is 21.2. The van der Waals surface area contributed by atoms with Crippen LogP contribution in [0.1, 0.15) is 11.4 Å². The minimum absolute atomic E-state index is 0.445. The number of anilines is 1. The Morgan fingerprint density at radius 3 is 2.21 bits per heavy atom. The summed E-state index contributed by atoms with van der Waals surface area (Å²) in [5, 5.41) is 6.56. The largest absolute Gasteiger partial charge is 0.321 e. The van der Waals surface area contributed by atoms with Crippen LogP contribution in [0.2, 0.25) is 0 Å². The summed E-state index contributed by atoms with van der Waals surface area (Å²) in [6, 6.07) is 42.3. The van der Waals surface area contributed by atoms with Gasteiger partial charge in [-0.25, -0.2) is 9.97 Å². The second-order valence-electron chi connectivity index (χ2n) is 9.04. The lowest BCUT2D eigenvalue weighted by Gasteiger charge is -2.25. The Hall–Kier alpha value is -5.36. The van der Waals surface area contributed by atoms with Crippen molar-refractivity contribution in [3.63, 3.8) is 0 Å². The molecule has 39 heavy (non-hydrogen) atoms. The smallest absolute Gasteiger partial charge is 0.178 e. The van der Waals surface area contributed by atoms with Crippen LogP contribution in [0.4, 0.5) is 5.69 Å². The van der Waals surface area contributed by atoms with Gasteiger partial charge in [0.05, 0.1) is 29.3 Å². The van der Waals surface area contributed by atoms with E-state index < -0.39 is 0 Å². The number of para-hydroxylation sites is 1. The predicted octanol–water partition coefficient (Wildman–Crippen LogP) is 6.69. The lowest BCUT2D eigenvalue weighted by molar-refractivity contribution is 0.938. The fraction of sp³-hybridized carbons (Fsp3) is 0.0303. The van der Waals surface area contributed by atoms with Gasteiger partial charge in [-0.3, -0.25) is 4.98 Å². The van der Waals surface area contributed by atoms with Gasteiger partial charge in [0.15, 0.2) is 5.84 Å². The van der Waals surface area contributed by atoms with Crippen molar-refractivity contribution in [3.8, 4) is 22.6 Å². The number of hydrogen-bond donors (Lipinski definition) is 1. The quantitative estimate of drug-likeness (QED) is 0.118. The standard InChI is InChI=1S/C33H26N6/c34-38-33(32-21-10-19-29(37-32)28-17-8-12-24-11-4-5-16-27(24)28)39(26-14-2-1-3-15-26)23-25-13-9-20-31(36-25)30-18-6-7-22-35-30/h1-22H,23,34H2. The second-order valence-corrected chi connectivity index (χ2v) is 9.04. The molecule has 6 aromatic rings. The van der Waals surface area contributed by atoms with Gasteiger partial charge in [-0.1, -0.05) is 78.9 Å². The number of rotatable bonds is 6. The van der Waals surface area contributed by atoms with Crippen molar-refractivity contribution >= 4 is 22.3 Å². The van der Waals surface area contributed by atoms with E-state index >= 15 is 0 Å². The molecule has 6 nitrogen and oxygen atoms in total. The highest BCUT2D eigenvalue weighted by Crippen LogP contribution is 2.28. The van der Waals surface area contributed by atoms with Crippen molar-refractivity contribution < 1.29 is 0 Å². The number of benzene rings is 3. The van der Waals surface area contributed by atoms with Crippen LogP contribution in [0.15, 0.2) is 139 Å². The fourth-order valence-corrected chi connectivity index (χ4v) is 4.72. The topological polar surface area (TPSA) is 80.3 Å². The molecule has 3 heterocycles. The normalized spacial score (nSPS) is 11.4. The van der Waals surface area contributed by atoms with Crippen LogP contribution in [0.3, 0.4) is 0 Å². The van der Waals surface area contributed by atoms with E-state index in [1.54, 1.807) is 6.20 Å². The third kappa shape index (κ3) is 5.08. The average Bonchev–Trinajstić information content (AvgIpc) is 3.02. The molecule has 0 atom stereocenters. The number of nitrogens with zero attached hydrogens (tertiary/aromatic N) is 5. The van der Waals surface area contributed by atoms with Gasteiger partial charge in [0.1, 0.15) is 5.69 Å². The molecule has 3 aromatic carbocycles. The van der Waals surface area contributed by atoms with Gasteiger partial charge in [-0.05, 0) is 59.3 Å². The van der Waals surface area contributed by atoms with Crippen LogP contribution in [-0.2, 0) is 6.54 Å². The van der Waals surface area contributed by atoms with Gasteiger partial charge < -0.3 is 10.7 Å². The lowest BCUT2D eigenvalue weighted by atomic mass is 10.0. The first-order chi connectivity index (χ1) is 19.3. The second kappa shape index (κ2) is 10.9. The molecule has 0 bridgehead atoms. The molecule has 188 valence electrons. The third-order valence-corrected chi connectivity index (χ3v) is 6.54. The molecular weight excluding hydrogens is 480 g/mol. The minimum Gasteiger partial charge on any atom is -0.321 e. The highest BCUT2D eigenvalue weighted by Gasteiger charge is 2.20. The molecule has 6 heteroatoms. The first-order valence-corrected chi connectivity index (χ1v) is 12.7. The molecule has 0 radical (unpaired) electrons. The summed E-state index contributed by atoms with van der Waals surface area (Å²) in [6.45, 7) is 0.445. The maximum absolute atomic E-state index is 6.07. The lowest BCUT2D eigenvalue weighted by Crippen LogP contribution is -2.33. The van der Waals surface area contributed by atoms with E-state index in [9.17, 15) is 0 Å². The molecule has 0 aliphatic heterocycles. The van der Waals surface area contributed by atoms with Crippen LogP contribution in [0, 0.1) is 0 Å². The maximum Gasteiger partial charge on any atom is 0.178 e. The summed E-state index contributed by atoms with van der Waals surface area (Å²) in [4.78, 5) is 16.4. The highest BCUT2D eigenvalue weighted by atomic mass is 15.3.